The van der Waals surface area contributed by atoms with Gasteiger partial charge in [0.2, 0.25) is 0 Å². The molecule has 0 fully saturated rings. The van der Waals surface area contributed by atoms with Gasteiger partial charge in [0.25, 0.3) is 5.56 Å². The summed E-state index contributed by atoms with van der Waals surface area (Å²) >= 11 is 0. The Hall–Kier alpha value is -4.25. The average Bonchev–Trinajstić information content (AvgIpc) is 2.76. The molecule has 0 aliphatic rings. The molecule has 3 aromatic heterocycles. The summed E-state index contributed by atoms with van der Waals surface area (Å²) in [6.45, 7) is 3.43. The van der Waals surface area contributed by atoms with Crippen LogP contribution >= 0.6 is 0 Å². The molecule has 0 spiro atoms. The second-order valence-corrected chi connectivity index (χ2v) is 7.13. The number of pyridine rings is 2. The van der Waals surface area contributed by atoms with E-state index in [1.165, 1.54) is 16.8 Å². The summed E-state index contributed by atoms with van der Waals surface area (Å²) in [6, 6.07) is 15.5. The number of nitrogen functional groups attached to an aromatic ring is 1. The minimum absolute atomic E-state index is 0.0696. The molecule has 4 rings (SSSR count). The van der Waals surface area contributed by atoms with Crippen LogP contribution in [-0.4, -0.2) is 14.4 Å². The van der Waals surface area contributed by atoms with E-state index in [9.17, 15) is 14.4 Å². The third kappa shape index (κ3) is 3.46. The Morgan fingerprint density at radius 2 is 1.94 bits per heavy atom. The van der Waals surface area contributed by atoms with E-state index >= 15 is 0 Å². The van der Waals surface area contributed by atoms with Crippen LogP contribution in [0, 0.1) is 24.1 Å². The van der Waals surface area contributed by atoms with Crippen molar-refractivity contribution in [1.29, 1.82) is 5.26 Å². The molecule has 0 aliphatic heterocycles. The molecule has 154 valence electrons. The van der Waals surface area contributed by atoms with Gasteiger partial charge in [-0.1, -0.05) is 30.3 Å². The lowest BCUT2D eigenvalue weighted by molar-refractivity contribution is 0.605. The number of nitrogens with zero attached hydrogens (tertiary/aromatic N) is 4. The van der Waals surface area contributed by atoms with Gasteiger partial charge in [0.05, 0.1) is 17.3 Å². The van der Waals surface area contributed by atoms with E-state index in [-0.39, 0.29) is 28.5 Å². The van der Waals surface area contributed by atoms with Gasteiger partial charge in [-0.3, -0.25) is 9.20 Å². The number of rotatable bonds is 4. The number of hydrogen-bond donors (Lipinski definition) is 2. The molecule has 0 bridgehead atoms. The van der Waals surface area contributed by atoms with E-state index in [4.69, 9.17) is 5.73 Å². The fourth-order valence-electron chi connectivity index (χ4n) is 3.64. The van der Waals surface area contributed by atoms with Gasteiger partial charge in [-0.2, -0.15) is 5.26 Å². The molecule has 3 heterocycles. The standard InChI is InChI=1S/C23H19FN6O/c1-13(29-22-18(11-25)21(26)27-12-28-22)17-10-16-8-9-19(24)14(2)30(16)23(31)20(17)15-6-4-3-5-7-15/h3-10,12-13H,1-2H3,(H3,26,27,28,29). The predicted octanol–water partition coefficient (Wildman–Crippen LogP) is 3.83. The number of aryl methyl sites for hydroxylation is 1. The number of fused-ring (bicyclic) bond motifs is 1. The lowest BCUT2D eigenvalue weighted by Crippen LogP contribution is -2.23. The SMILES string of the molecule is Cc1c(F)ccc2cc(C(C)Nc3ncnc(N)c3C#N)c(-c3ccccc3)c(=O)n12. The van der Waals surface area contributed by atoms with Gasteiger partial charge in [0.15, 0.2) is 0 Å². The largest absolute Gasteiger partial charge is 0.382 e. The normalized spacial score (nSPS) is 11.8. The summed E-state index contributed by atoms with van der Waals surface area (Å²) in [5, 5.41) is 12.6. The zero-order valence-electron chi connectivity index (χ0n) is 16.9. The highest BCUT2D eigenvalue weighted by Gasteiger charge is 2.21. The third-order valence-electron chi connectivity index (χ3n) is 5.22. The molecule has 0 saturated heterocycles. The minimum atomic E-state index is -0.456. The molecule has 4 aromatic rings. The Balaban J connectivity index is 1.95. The van der Waals surface area contributed by atoms with Gasteiger partial charge in [-0.05, 0) is 43.2 Å². The maximum absolute atomic E-state index is 14.2. The zero-order valence-corrected chi connectivity index (χ0v) is 16.9. The lowest BCUT2D eigenvalue weighted by atomic mass is 9.96. The highest BCUT2D eigenvalue weighted by molar-refractivity contribution is 5.72. The van der Waals surface area contributed by atoms with Gasteiger partial charge in [0.1, 0.15) is 35.4 Å². The fourth-order valence-corrected chi connectivity index (χ4v) is 3.64. The Labute approximate surface area is 177 Å². The number of hydrogen-bond acceptors (Lipinski definition) is 6. The second kappa shape index (κ2) is 7.88. The highest BCUT2D eigenvalue weighted by Crippen LogP contribution is 2.30. The van der Waals surface area contributed by atoms with E-state index < -0.39 is 11.9 Å². The highest BCUT2D eigenvalue weighted by atomic mass is 19.1. The molecule has 0 aliphatic carbocycles. The molecule has 1 aromatic carbocycles. The first kappa shape index (κ1) is 20.0. The molecule has 0 saturated carbocycles. The summed E-state index contributed by atoms with van der Waals surface area (Å²) in [4.78, 5) is 21.5. The molecule has 1 unspecified atom stereocenters. The predicted molar refractivity (Wildman–Crippen MR) is 117 cm³/mol. The Morgan fingerprint density at radius 3 is 2.65 bits per heavy atom. The van der Waals surface area contributed by atoms with Crippen LogP contribution in [0.2, 0.25) is 0 Å². The van der Waals surface area contributed by atoms with Crippen LogP contribution in [0.25, 0.3) is 16.6 Å². The second-order valence-electron chi connectivity index (χ2n) is 7.13. The van der Waals surface area contributed by atoms with Crippen molar-refractivity contribution in [2.75, 3.05) is 11.1 Å². The van der Waals surface area contributed by atoms with Crippen LogP contribution in [0.15, 0.2) is 59.7 Å². The van der Waals surface area contributed by atoms with Crippen LogP contribution in [0.3, 0.4) is 0 Å². The Kier molecular flexibility index (Phi) is 5.09. The Morgan fingerprint density at radius 1 is 1.19 bits per heavy atom. The van der Waals surface area contributed by atoms with E-state index in [0.29, 0.717) is 22.2 Å². The molecular weight excluding hydrogens is 395 g/mol. The number of halogens is 1. The van der Waals surface area contributed by atoms with Gasteiger partial charge in [-0.15, -0.1) is 0 Å². The first-order valence-corrected chi connectivity index (χ1v) is 9.59. The van der Waals surface area contributed by atoms with Crippen molar-refractivity contribution in [2.45, 2.75) is 19.9 Å². The fraction of sp³-hybridized carbons (Fsp3) is 0.130. The van der Waals surface area contributed by atoms with E-state index in [0.717, 1.165) is 0 Å². The number of benzene rings is 1. The number of nitrogens with two attached hydrogens (primary N) is 1. The van der Waals surface area contributed by atoms with Crippen LogP contribution in [0.5, 0.6) is 0 Å². The van der Waals surface area contributed by atoms with Crippen molar-refractivity contribution in [3.63, 3.8) is 0 Å². The van der Waals surface area contributed by atoms with Gasteiger partial charge < -0.3 is 11.1 Å². The number of anilines is 2. The van der Waals surface area contributed by atoms with E-state index in [2.05, 4.69) is 15.3 Å². The maximum atomic E-state index is 14.2. The summed E-state index contributed by atoms with van der Waals surface area (Å²) in [7, 11) is 0. The molecule has 7 nitrogen and oxygen atoms in total. The summed E-state index contributed by atoms with van der Waals surface area (Å²) in [5.41, 5.74) is 8.23. The molecule has 0 amide bonds. The minimum Gasteiger partial charge on any atom is -0.382 e. The van der Waals surface area contributed by atoms with E-state index in [1.54, 1.807) is 13.0 Å². The van der Waals surface area contributed by atoms with Crippen molar-refractivity contribution < 1.29 is 4.39 Å². The van der Waals surface area contributed by atoms with Crippen LogP contribution in [-0.2, 0) is 0 Å². The molecule has 1 atom stereocenters. The quantitative estimate of drug-likeness (QED) is 0.525. The zero-order chi connectivity index (χ0) is 22.1. The first-order valence-electron chi connectivity index (χ1n) is 9.59. The van der Waals surface area contributed by atoms with Gasteiger partial charge >= 0.3 is 0 Å². The smallest absolute Gasteiger partial charge is 0.263 e. The molecule has 31 heavy (non-hydrogen) atoms. The van der Waals surface area contributed by atoms with Crippen LogP contribution in [0.1, 0.15) is 29.8 Å². The summed E-state index contributed by atoms with van der Waals surface area (Å²) < 4.78 is 15.6. The van der Waals surface area contributed by atoms with Crippen LogP contribution in [0.4, 0.5) is 16.0 Å². The monoisotopic (exact) mass is 414 g/mol. The van der Waals surface area contributed by atoms with Crippen molar-refractivity contribution in [3.05, 3.63) is 87.9 Å². The molecule has 8 heteroatoms. The molecular formula is C23H19FN6O. The van der Waals surface area contributed by atoms with Crippen LogP contribution < -0.4 is 16.6 Å². The van der Waals surface area contributed by atoms with Crippen molar-refractivity contribution in [1.82, 2.24) is 14.4 Å². The number of aromatic nitrogens is 3. The Bertz CT molecular complexity index is 1390. The maximum Gasteiger partial charge on any atom is 0.263 e. The summed E-state index contributed by atoms with van der Waals surface area (Å²) in [6.07, 6.45) is 1.27. The molecule has 3 N–H and O–H groups in total. The first-order chi connectivity index (χ1) is 14.9. The average molecular weight is 414 g/mol. The topological polar surface area (TPSA) is 109 Å². The van der Waals surface area contributed by atoms with Gasteiger partial charge in [-0.25, -0.2) is 14.4 Å². The number of nitrogens with one attached hydrogen (secondary N) is 1. The van der Waals surface area contributed by atoms with Crippen molar-refractivity contribution in [3.8, 4) is 17.2 Å². The van der Waals surface area contributed by atoms with E-state index in [1.807, 2.05) is 49.4 Å². The van der Waals surface area contributed by atoms with Crippen molar-refractivity contribution >= 4 is 17.2 Å². The van der Waals surface area contributed by atoms with Crippen molar-refractivity contribution in [2.24, 2.45) is 0 Å². The molecule has 0 radical (unpaired) electrons. The number of nitriles is 1. The summed E-state index contributed by atoms with van der Waals surface area (Å²) in [5.74, 6) is -0.111. The lowest BCUT2D eigenvalue weighted by Gasteiger charge is -2.21. The van der Waals surface area contributed by atoms with Gasteiger partial charge in [0, 0.05) is 5.52 Å². The third-order valence-corrected chi connectivity index (χ3v) is 5.22.